The number of rotatable bonds is 1. The van der Waals surface area contributed by atoms with E-state index in [2.05, 4.69) is 10.3 Å². The third kappa shape index (κ3) is 2.35. The Kier molecular flexibility index (Phi) is 3.11. The molecule has 1 aromatic carbocycles. The molecule has 1 N–H and O–H groups in total. The number of benzene rings is 1. The fourth-order valence-corrected chi connectivity index (χ4v) is 2.07. The third-order valence-electron chi connectivity index (χ3n) is 3.10. The maximum absolute atomic E-state index is 13.8. The molecule has 1 heterocycles. The summed E-state index contributed by atoms with van der Waals surface area (Å²) >= 11 is 0. The van der Waals surface area contributed by atoms with Crippen LogP contribution in [0, 0.1) is 12.7 Å². The van der Waals surface area contributed by atoms with Crippen LogP contribution in [0.15, 0.2) is 18.2 Å². The summed E-state index contributed by atoms with van der Waals surface area (Å²) in [5, 5.41) is 0. The fraction of sp³-hybridized carbons (Fsp3) is 0.500. The summed E-state index contributed by atoms with van der Waals surface area (Å²) in [5.74, 6) is -0.531. The topological polar surface area (TPSA) is 21.3 Å². The standard InChI is InChI=1S/C12H13F4NO/c1-7-3-4-8(9(13)5-7)11(2)6-10(18-17-11)12(14,15)16/h3-5,10,17H,6H2,1-2H3. The predicted molar refractivity (Wildman–Crippen MR) is 57.2 cm³/mol. The van der Waals surface area contributed by atoms with E-state index in [1.165, 1.54) is 19.1 Å². The SMILES string of the molecule is Cc1ccc(C2(C)CC(C(F)(F)F)ON2)c(F)c1. The molecule has 1 aliphatic heterocycles. The van der Waals surface area contributed by atoms with Crippen LogP contribution < -0.4 is 5.48 Å². The molecule has 100 valence electrons. The minimum Gasteiger partial charge on any atom is -0.288 e. The molecular weight excluding hydrogens is 250 g/mol. The van der Waals surface area contributed by atoms with Gasteiger partial charge in [-0.05, 0) is 25.5 Å². The highest BCUT2D eigenvalue weighted by atomic mass is 19.4. The Morgan fingerprint density at radius 1 is 1.39 bits per heavy atom. The lowest BCUT2D eigenvalue weighted by molar-refractivity contribution is -0.218. The van der Waals surface area contributed by atoms with Crippen molar-refractivity contribution in [3.8, 4) is 0 Å². The van der Waals surface area contributed by atoms with Gasteiger partial charge >= 0.3 is 6.18 Å². The largest absolute Gasteiger partial charge is 0.416 e. The summed E-state index contributed by atoms with van der Waals surface area (Å²) in [4.78, 5) is 4.53. The van der Waals surface area contributed by atoms with Crippen LogP contribution >= 0.6 is 0 Å². The van der Waals surface area contributed by atoms with Crippen molar-refractivity contribution in [2.24, 2.45) is 0 Å². The first-order valence-electron chi connectivity index (χ1n) is 5.48. The quantitative estimate of drug-likeness (QED) is 0.785. The van der Waals surface area contributed by atoms with Crippen molar-refractivity contribution in [2.45, 2.75) is 38.1 Å². The first-order valence-corrected chi connectivity index (χ1v) is 5.48. The number of halogens is 4. The van der Waals surface area contributed by atoms with Gasteiger partial charge in [-0.15, -0.1) is 0 Å². The van der Waals surface area contributed by atoms with E-state index in [9.17, 15) is 17.6 Å². The Hall–Kier alpha value is -1.14. The molecule has 0 radical (unpaired) electrons. The van der Waals surface area contributed by atoms with Gasteiger partial charge in [0.05, 0.1) is 5.54 Å². The Labute approximate surface area is 102 Å². The Morgan fingerprint density at radius 2 is 2.06 bits per heavy atom. The molecular formula is C12H13F4NO. The summed E-state index contributed by atoms with van der Waals surface area (Å²) in [6.07, 6.45) is -6.72. The first-order chi connectivity index (χ1) is 8.22. The summed E-state index contributed by atoms with van der Waals surface area (Å²) in [6, 6.07) is 4.44. The van der Waals surface area contributed by atoms with E-state index in [1.54, 1.807) is 13.0 Å². The molecule has 2 rings (SSSR count). The van der Waals surface area contributed by atoms with E-state index >= 15 is 0 Å². The predicted octanol–water partition coefficient (Wildman–Crippen LogP) is 3.21. The van der Waals surface area contributed by atoms with E-state index in [0.717, 1.165) is 0 Å². The molecule has 1 fully saturated rings. The normalized spacial score (nSPS) is 28.7. The molecule has 0 spiro atoms. The Bertz CT molecular complexity index is 460. The van der Waals surface area contributed by atoms with Crippen LogP contribution in [0.2, 0.25) is 0 Å². The molecule has 2 unspecified atom stereocenters. The number of hydrogen-bond donors (Lipinski definition) is 1. The molecule has 0 bridgehead atoms. The smallest absolute Gasteiger partial charge is 0.288 e. The lowest BCUT2D eigenvalue weighted by Crippen LogP contribution is -2.33. The van der Waals surface area contributed by atoms with Crippen LogP contribution in [0.25, 0.3) is 0 Å². The lowest BCUT2D eigenvalue weighted by Gasteiger charge is -2.23. The third-order valence-corrected chi connectivity index (χ3v) is 3.10. The number of aryl methyl sites for hydroxylation is 1. The molecule has 0 saturated carbocycles. The fourth-order valence-electron chi connectivity index (χ4n) is 2.07. The van der Waals surface area contributed by atoms with Crippen molar-refractivity contribution >= 4 is 0 Å². The van der Waals surface area contributed by atoms with Gasteiger partial charge in [-0.2, -0.15) is 18.7 Å². The zero-order valence-electron chi connectivity index (χ0n) is 9.94. The van der Waals surface area contributed by atoms with Gasteiger partial charge in [0.1, 0.15) is 5.82 Å². The zero-order valence-corrected chi connectivity index (χ0v) is 9.94. The van der Waals surface area contributed by atoms with Crippen LogP contribution in [-0.2, 0) is 10.4 Å². The Balaban J connectivity index is 2.28. The highest BCUT2D eigenvalue weighted by Crippen LogP contribution is 2.39. The summed E-state index contributed by atoms with van der Waals surface area (Å²) in [7, 11) is 0. The van der Waals surface area contributed by atoms with Gasteiger partial charge in [0.25, 0.3) is 0 Å². The van der Waals surface area contributed by atoms with Crippen molar-refractivity contribution in [3.63, 3.8) is 0 Å². The minimum atomic E-state index is -4.45. The van der Waals surface area contributed by atoms with Crippen molar-refractivity contribution < 1.29 is 22.4 Å². The van der Waals surface area contributed by atoms with Crippen molar-refractivity contribution in [2.75, 3.05) is 0 Å². The highest BCUT2D eigenvalue weighted by Gasteiger charge is 2.51. The molecule has 0 amide bonds. The average Bonchev–Trinajstić information content (AvgIpc) is 2.61. The van der Waals surface area contributed by atoms with Gasteiger partial charge in [-0.25, -0.2) is 4.39 Å². The van der Waals surface area contributed by atoms with Crippen molar-refractivity contribution in [1.29, 1.82) is 0 Å². The van der Waals surface area contributed by atoms with Gasteiger partial charge < -0.3 is 0 Å². The second kappa shape index (κ2) is 4.20. The molecule has 1 aliphatic rings. The number of alkyl halides is 3. The first kappa shape index (κ1) is 13.3. The highest BCUT2D eigenvalue weighted by molar-refractivity contribution is 5.30. The van der Waals surface area contributed by atoms with Crippen LogP contribution in [0.1, 0.15) is 24.5 Å². The van der Waals surface area contributed by atoms with Gasteiger partial charge in [0.2, 0.25) is 0 Å². The van der Waals surface area contributed by atoms with Crippen molar-refractivity contribution in [1.82, 2.24) is 5.48 Å². The molecule has 1 aromatic rings. The maximum Gasteiger partial charge on any atom is 0.416 e. The van der Waals surface area contributed by atoms with Gasteiger partial charge in [0.15, 0.2) is 6.10 Å². The van der Waals surface area contributed by atoms with Gasteiger partial charge in [0, 0.05) is 12.0 Å². The van der Waals surface area contributed by atoms with E-state index in [4.69, 9.17) is 0 Å². The van der Waals surface area contributed by atoms with Gasteiger partial charge in [-0.3, -0.25) is 4.84 Å². The molecule has 2 atom stereocenters. The minimum absolute atomic E-state index is 0.180. The van der Waals surface area contributed by atoms with E-state index in [1.807, 2.05) is 0 Å². The van der Waals surface area contributed by atoms with Crippen LogP contribution in [0.3, 0.4) is 0 Å². The summed E-state index contributed by atoms with van der Waals surface area (Å²) in [5.41, 5.74) is 2.03. The molecule has 0 aromatic heterocycles. The lowest BCUT2D eigenvalue weighted by atomic mass is 9.87. The Morgan fingerprint density at radius 3 is 2.56 bits per heavy atom. The van der Waals surface area contributed by atoms with E-state index < -0.39 is 23.6 Å². The molecule has 2 nitrogen and oxygen atoms in total. The molecule has 6 heteroatoms. The van der Waals surface area contributed by atoms with Crippen molar-refractivity contribution in [3.05, 3.63) is 35.1 Å². The number of nitrogens with one attached hydrogen (secondary N) is 1. The second-order valence-corrected chi connectivity index (χ2v) is 4.77. The van der Waals surface area contributed by atoms with Crippen LogP contribution in [-0.4, -0.2) is 12.3 Å². The summed E-state index contributed by atoms with van der Waals surface area (Å²) < 4.78 is 51.4. The van der Waals surface area contributed by atoms with Gasteiger partial charge in [-0.1, -0.05) is 12.1 Å². The zero-order chi connectivity index (χ0) is 13.6. The van der Waals surface area contributed by atoms with Crippen LogP contribution in [0.5, 0.6) is 0 Å². The van der Waals surface area contributed by atoms with E-state index in [-0.39, 0.29) is 12.0 Å². The average molecular weight is 263 g/mol. The van der Waals surface area contributed by atoms with Crippen LogP contribution in [0.4, 0.5) is 17.6 Å². The molecule has 0 aliphatic carbocycles. The maximum atomic E-state index is 13.8. The second-order valence-electron chi connectivity index (χ2n) is 4.77. The molecule has 18 heavy (non-hydrogen) atoms. The number of hydroxylamine groups is 1. The number of hydrogen-bond acceptors (Lipinski definition) is 2. The molecule has 1 saturated heterocycles. The monoisotopic (exact) mass is 263 g/mol. The van der Waals surface area contributed by atoms with E-state index in [0.29, 0.717) is 5.56 Å². The summed E-state index contributed by atoms with van der Waals surface area (Å²) in [6.45, 7) is 3.21.